The second kappa shape index (κ2) is 9.56. The average molecular weight is 402 g/mol. The average Bonchev–Trinajstić information content (AvgIpc) is 2.65. The fourth-order valence-electron chi connectivity index (χ4n) is 2.20. The van der Waals surface area contributed by atoms with Gasteiger partial charge in [0.1, 0.15) is 5.75 Å². The number of hydrogen-bond acceptors (Lipinski definition) is 7. The first-order chi connectivity index (χ1) is 13.3. The van der Waals surface area contributed by atoms with Crippen LogP contribution in [0.3, 0.4) is 0 Å². The molecule has 2 rings (SSSR count). The molecule has 9 heteroatoms. The maximum Gasteiger partial charge on any atom is 0.339 e. The third-order valence-corrected chi connectivity index (χ3v) is 4.54. The maximum absolute atomic E-state index is 12.3. The number of primary amides is 1. The van der Waals surface area contributed by atoms with Gasteiger partial charge in [-0.15, -0.1) is 11.8 Å². The van der Waals surface area contributed by atoms with E-state index in [1.165, 1.54) is 31.2 Å². The Hall–Kier alpha value is -3.33. The summed E-state index contributed by atoms with van der Waals surface area (Å²) in [6, 6.07) is 10.4. The van der Waals surface area contributed by atoms with E-state index in [1.807, 2.05) is 0 Å². The number of nitrogens with two attached hydrogens (primary N) is 1. The van der Waals surface area contributed by atoms with E-state index in [-0.39, 0.29) is 28.3 Å². The van der Waals surface area contributed by atoms with E-state index in [1.54, 1.807) is 18.2 Å². The number of carbonyl (C=O) groups is 4. The first kappa shape index (κ1) is 21.0. The highest BCUT2D eigenvalue weighted by Gasteiger charge is 2.17. The lowest BCUT2D eigenvalue weighted by molar-refractivity contribution is -0.116. The van der Waals surface area contributed by atoms with Gasteiger partial charge in [0.2, 0.25) is 11.8 Å². The van der Waals surface area contributed by atoms with E-state index < -0.39 is 30.2 Å². The van der Waals surface area contributed by atoms with E-state index >= 15 is 0 Å². The number of phenols is 1. The standard InChI is InChI=1S/C19H18N2O6S/c1-11(22)21-14-8-12(6-7-15(14)23)16(24)9-27-19(26)13-4-2-3-5-17(13)28-10-18(20)25/h2-8,23H,9-10H2,1H3,(H2,20,25)(H,21,22). The number of hydrogen-bond donors (Lipinski definition) is 3. The molecule has 146 valence electrons. The molecule has 0 saturated heterocycles. The molecule has 4 N–H and O–H groups in total. The zero-order chi connectivity index (χ0) is 20.7. The topological polar surface area (TPSA) is 136 Å². The van der Waals surface area contributed by atoms with Gasteiger partial charge in [0, 0.05) is 17.4 Å². The Balaban J connectivity index is 2.06. The van der Waals surface area contributed by atoms with Gasteiger partial charge in [-0.05, 0) is 30.3 Å². The lowest BCUT2D eigenvalue weighted by Gasteiger charge is -2.10. The van der Waals surface area contributed by atoms with Crippen molar-refractivity contribution in [3.63, 3.8) is 0 Å². The Morgan fingerprint density at radius 2 is 1.86 bits per heavy atom. The number of thioether (sulfide) groups is 1. The van der Waals surface area contributed by atoms with Gasteiger partial charge in [0.25, 0.3) is 0 Å². The highest BCUT2D eigenvalue weighted by atomic mass is 32.2. The summed E-state index contributed by atoms with van der Waals surface area (Å²) >= 11 is 1.10. The van der Waals surface area contributed by atoms with Gasteiger partial charge in [-0.3, -0.25) is 14.4 Å². The minimum absolute atomic E-state index is 0.00264. The Morgan fingerprint density at radius 3 is 2.54 bits per heavy atom. The van der Waals surface area contributed by atoms with Crippen molar-refractivity contribution in [2.75, 3.05) is 17.7 Å². The molecule has 0 radical (unpaired) electrons. The number of ketones is 1. The van der Waals surface area contributed by atoms with Gasteiger partial charge in [0.05, 0.1) is 17.0 Å². The summed E-state index contributed by atoms with van der Waals surface area (Å²) in [5, 5.41) is 12.1. The predicted octanol–water partition coefficient (Wildman–Crippen LogP) is 1.97. The maximum atomic E-state index is 12.3. The zero-order valence-electron chi connectivity index (χ0n) is 14.9. The van der Waals surface area contributed by atoms with Gasteiger partial charge in [-0.25, -0.2) is 4.79 Å². The fourth-order valence-corrected chi connectivity index (χ4v) is 2.98. The third-order valence-electron chi connectivity index (χ3n) is 3.44. The van der Waals surface area contributed by atoms with Gasteiger partial charge >= 0.3 is 5.97 Å². The first-order valence-electron chi connectivity index (χ1n) is 8.09. The lowest BCUT2D eigenvalue weighted by atomic mass is 10.1. The second-order valence-corrected chi connectivity index (χ2v) is 6.68. The smallest absolute Gasteiger partial charge is 0.339 e. The van der Waals surface area contributed by atoms with E-state index in [9.17, 15) is 24.3 Å². The number of nitrogens with one attached hydrogen (secondary N) is 1. The molecule has 0 saturated carbocycles. The molecule has 2 amide bonds. The van der Waals surface area contributed by atoms with Gasteiger partial charge < -0.3 is 20.9 Å². The number of rotatable bonds is 8. The first-order valence-corrected chi connectivity index (χ1v) is 9.07. The number of carbonyl (C=O) groups excluding carboxylic acids is 4. The van der Waals surface area contributed by atoms with Crippen molar-refractivity contribution < 1.29 is 29.0 Å². The van der Waals surface area contributed by atoms with Crippen LogP contribution in [0.1, 0.15) is 27.6 Å². The van der Waals surface area contributed by atoms with Crippen LogP contribution in [0.5, 0.6) is 5.75 Å². The van der Waals surface area contributed by atoms with Crippen molar-refractivity contribution in [3.05, 3.63) is 53.6 Å². The van der Waals surface area contributed by atoms with E-state index in [4.69, 9.17) is 10.5 Å². The van der Waals surface area contributed by atoms with Crippen molar-refractivity contribution in [1.82, 2.24) is 0 Å². The molecular weight excluding hydrogens is 384 g/mol. The summed E-state index contributed by atoms with van der Waals surface area (Å²) in [5.41, 5.74) is 5.57. The van der Waals surface area contributed by atoms with Crippen LogP contribution >= 0.6 is 11.8 Å². The molecule has 0 aliphatic rings. The molecular formula is C19H18N2O6S. The van der Waals surface area contributed by atoms with Crippen molar-refractivity contribution in [1.29, 1.82) is 0 Å². The summed E-state index contributed by atoms with van der Waals surface area (Å²) in [7, 11) is 0. The monoisotopic (exact) mass is 402 g/mol. The highest BCUT2D eigenvalue weighted by molar-refractivity contribution is 8.00. The Morgan fingerprint density at radius 1 is 1.14 bits per heavy atom. The van der Waals surface area contributed by atoms with Gasteiger partial charge in [-0.1, -0.05) is 12.1 Å². The van der Waals surface area contributed by atoms with E-state index in [2.05, 4.69) is 5.32 Å². The normalized spacial score (nSPS) is 10.2. The number of esters is 1. The summed E-state index contributed by atoms with van der Waals surface area (Å²) < 4.78 is 5.08. The van der Waals surface area contributed by atoms with Gasteiger partial charge in [0.15, 0.2) is 12.4 Å². The lowest BCUT2D eigenvalue weighted by Crippen LogP contribution is -2.16. The minimum Gasteiger partial charge on any atom is -0.506 e. The Kier molecular flexibility index (Phi) is 7.16. The number of Topliss-reactive ketones (excluding diaryl/α,β-unsaturated/α-hetero) is 1. The highest BCUT2D eigenvalue weighted by Crippen LogP contribution is 2.25. The van der Waals surface area contributed by atoms with Crippen LogP contribution in [0.2, 0.25) is 0 Å². The summed E-state index contributed by atoms with van der Waals surface area (Å²) in [5.74, 6) is -2.35. The van der Waals surface area contributed by atoms with E-state index in [0.717, 1.165) is 11.8 Å². The largest absolute Gasteiger partial charge is 0.506 e. The van der Waals surface area contributed by atoms with Gasteiger partial charge in [-0.2, -0.15) is 0 Å². The third kappa shape index (κ3) is 5.85. The molecule has 0 heterocycles. The summed E-state index contributed by atoms with van der Waals surface area (Å²) in [4.78, 5) is 47.2. The van der Waals surface area contributed by atoms with Crippen LogP contribution in [0.25, 0.3) is 0 Å². The molecule has 0 spiro atoms. The Bertz CT molecular complexity index is 928. The Labute approximate surface area is 165 Å². The zero-order valence-corrected chi connectivity index (χ0v) is 15.7. The molecule has 0 aliphatic carbocycles. The van der Waals surface area contributed by atoms with Crippen LogP contribution < -0.4 is 11.1 Å². The summed E-state index contributed by atoms with van der Waals surface area (Å²) in [6.45, 7) is 0.737. The number of amides is 2. The van der Waals surface area contributed by atoms with Crippen molar-refractivity contribution in [2.24, 2.45) is 5.73 Å². The van der Waals surface area contributed by atoms with Crippen molar-refractivity contribution >= 4 is 41.0 Å². The van der Waals surface area contributed by atoms with Crippen LogP contribution in [0.15, 0.2) is 47.4 Å². The molecule has 28 heavy (non-hydrogen) atoms. The van der Waals surface area contributed by atoms with Crippen LogP contribution in [0.4, 0.5) is 5.69 Å². The molecule has 0 aliphatic heterocycles. The quantitative estimate of drug-likeness (QED) is 0.266. The predicted molar refractivity (Wildman–Crippen MR) is 103 cm³/mol. The number of benzene rings is 2. The molecule has 2 aromatic rings. The number of anilines is 1. The summed E-state index contributed by atoms with van der Waals surface area (Å²) in [6.07, 6.45) is 0. The molecule has 0 atom stereocenters. The molecule has 0 aromatic heterocycles. The SMILES string of the molecule is CC(=O)Nc1cc(C(=O)COC(=O)c2ccccc2SCC(N)=O)ccc1O. The molecule has 0 unspecified atom stereocenters. The second-order valence-electron chi connectivity index (χ2n) is 5.66. The fraction of sp³-hybridized carbons (Fsp3) is 0.158. The van der Waals surface area contributed by atoms with Crippen molar-refractivity contribution in [3.8, 4) is 5.75 Å². The molecule has 0 fully saturated rings. The van der Waals surface area contributed by atoms with E-state index in [0.29, 0.717) is 4.90 Å². The number of aromatic hydroxyl groups is 1. The number of ether oxygens (including phenoxy) is 1. The number of phenolic OH excluding ortho intramolecular Hbond substituents is 1. The molecule has 8 nitrogen and oxygen atoms in total. The van der Waals surface area contributed by atoms with Crippen LogP contribution in [0, 0.1) is 0 Å². The van der Waals surface area contributed by atoms with Crippen LogP contribution in [-0.2, 0) is 14.3 Å². The van der Waals surface area contributed by atoms with Crippen LogP contribution in [-0.4, -0.2) is 41.0 Å². The minimum atomic E-state index is -0.721. The molecule has 2 aromatic carbocycles. The molecule has 0 bridgehead atoms. The van der Waals surface area contributed by atoms with Crippen molar-refractivity contribution in [2.45, 2.75) is 11.8 Å².